The summed E-state index contributed by atoms with van der Waals surface area (Å²) in [5, 5.41) is 14.6. The van der Waals surface area contributed by atoms with Gasteiger partial charge in [-0.05, 0) is 54.1 Å². The topological polar surface area (TPSA) is 110 Å². The van der Waals surface area contributed by atoms with Crippen LogP contribution in [-0.2, 0) is 11.3 Å². The van der Waals surface area contributed by atoms with Gasteiger partial charge in [0.05, 0.1) is 18.3 Å². The number of rotatable bonds is 8. The first-order valence-corrected chi connectivity index (χ1v) is 10.9. The van der Waals surface area contributed by atoms with Gasteiger partial charge in [0.15, 0.2) is 0 Å². The fourth-order valence-corrected chi connectivity index (χ4v) is 3.55. The summed E-state index contributed by atoms with van der Waals surface area (Å²) in [7, 11) is 0. The van der Waals surface area contributed by atoms with Gasteiger partial charge < -0.3 is 16.0 Å². The van der Waals surface area contributed by atoms with Gasteiger partial charge in [0.2, 0.25) is 17.8 Å². The summed E-state index contributed by atoms with van der Waals surface area (Å²) in [6, 6.07) is 23.4. The molecule has 9 heteroatoms. The summed E-state index contributed by atoms with van der Waals surface area (Å²) in [5.41, 5.74) is 4.52. The van der Waals surface area contributed by atoms with E-state index in [1.54, 1.807) is 12.1 Å². The zero-order valence-corrected chi connectivity index (χ0v) is 18.7. The molecule has 9 nitrogen and oxygen atoms in total. The molecule has 0 bridgehead atoms. The van der Waals surface area contributed by atoms with Crippen molar-refractivity contribution in [2.45, 2.75) is 6.54 Å². The van der Waals surface area contributed by atoms with Crippen molar-refractivity contribution in [1.82, 2.24) is 24.7 Å². The summed E-state index contributed by atoms with van der Waals surface area (Å²) in [6.07, 6.45) is 4.51. The Morgan fingerprint density at radius 3 is 2.31 bits per heavy atom. The minimum absolute atomic E-state index is 0.263. The molecule has 0 atom stereocenters. The van der Waals surface area contributed by atoms with Crippen molar-refractivity contribution in [3.8, 4) is 0 Å². The molecule has 2 aromatic heterocycles. The Balaban J connectivity index is 1.27. The van der Waals surface area contributed by atoms with Crippen molar-refractivity contribution >= 4 is 45.8 Å². The lowest BCUT2D eigenvalue weighted by Gasteiger charge is -2.09. The normalized spacial score (nSPS) is 10.6. The van der Waals surface area contributed by atoms with Crippen LogP contribution in [0.2, 0.25) is 0 Å². The van der Waals surface area contributed by atoms with Crippen molar-refractivity contribution in [2.75, 3.05) is 16.0 Å². The van der Waals surface area contributed by atoms with Crippen LogP contribution in [0.4, 0.5) is 29.0 Å². The van der Waals surface area contributed by atoms with E-state index >= 15 is 0 Å². The number of amides is 1. The van der Waals surface area contributed by atoms with Crippen LogP contribution in [0.25, 0.3) is 10.9 Å². The van der Waals surface area contributed by atoms with Crippen LogP contribution in [0.3, 0.4) is 0 Å². The Morgan fingerprint density at radius 1 is 0.886 bits per heavy atom. The van der Waals surface area contributed by atoms with Crippen molar-refractivity contribution in [2.24, 2.45) is 0 Å². The fraction of sp³-hybridized carbons (Fsp3) is 0.0385. The first-order chi connectivity index (χ1) is 17.2. The molecule has 0 aliphatic carbocycles. The Bertz CT molecular complexity index is 1480. The monoisotopic (exact) mass is 462 g/mol. The van der Waals surface area contributed by atoms with Crippen molar-refractivity contribution in [3.63, 3.8) is 0 Å². The van der Waals surface area contributed by atoms with Crippen LogP contribution >= 0.6 is 0 Å². The smallest absolute Gasteiger partial charge is 0.247 e. The zero-order chi connectivity index (χ0) is 24.0. The molecule has 3 N–H and O–H groups in total. The van der Waals surface area contributed by atoms with Crippen molar-refractivity contribution in [1.29, 1.82) is 0 Å². The third-order valence-corrected chi connectivity index (χ3v) is 5.24. The summed E-state index contributed by atoms with van der Waals surface area (Å²) < 4.78 is 1.98. The van der Waals surface area contributed by atoms with Crippen LogP contribution in [0.15, 0.2) is 98.0 Å². The van der Waals surface area contributed by atoms with Crippen LogP contribution in [0, 0.1) is 0 Å². The SMILES string of the molecule is C=CC(=O)Nc1ccc(Nc2ncnc(Nc3ccc4c(cnn4Cc4ccccc4)c3)n2)cc1. The minimum atomic E-state index is -0.263. The van der Waals surface area contributed by atoms with Gasteiger partial charge in [-0.2, -0.15) is 10.1 Å². The van der Waals surface area contributed by atoms with Gasteiger partial charge in [0, 0.05) is 22.4 Å². The van der Waals surface area contributed by atoms with Gasteiger partial charge in [0.1, 0.15) is 6.33 Å². The third-order valence-electron chi connectivity index (χ3n) is 5.24. The summed E-state index contributed by atoms with van der Waals surface area (Å²) in [5.74, 6) is 0.538. The average Bonchev–Trinajstić information content (AvgIpc) is 3.28. The van der Waals surface area contributed by atoms with E-state index in [-0.39, 0.29) is 5.91 Å². The first kappa shape index (κ1) is 21.8. The lowest BCUT2D eigenvalue weighted by molar-refractivity contribution is -0.111. The largest absolute Gasteiger partial charge is 0.324 e. The van der Waals surface area contributed by atoms with E-state index in [0.29, 0.717) is 24.1 Å². The summed E-state index contributed by atoms with van der Waals surface area (Å²) in [6.45, 7) is 4.15. The highest BCUT2D eigenvalue weighted by atomic mass is 16.1. The Kier molecular flexibility index (Phi) is 6.12. The molecule has 0 unspecified atom stereocenters. The third kappa shape index (κ3) is 5.31. The second-order valence-corrected chi connectivity index (χ2v) is 7.71. The Labute approximate surface area is 201 Å². The predicted octanol–water partition coefficient (Wildman–Crippen LogP) is 4.88. The number of fused-ring (bicyclic) bond motifs is 1. The van der Waals surface area contributed by atoms with Crippen LogP contribution < -0.4 is 16.0 Å². The van der Waals surface area contributed by atoms with E-state index in [1.807, 2.05) is 59.4 Å². The molecule has 0 aliphatic rings. The van der Waals surface area contributed by atoms with Gasteiger partial charge in [-0.1, -0.05) is 36.9 Å². The highest BCUT2D eigenvalue weighted by Gasteiger charge is 2.07. The number of anilines is 5. The molecular weight excluding hydrogens is 440 g/mol. The Morgan fingerprint density at radius 2 is 1.57 bits per heavy atom. The average molecular weight is 463 g/mol. The number of benzene rings is 3. The van der Waals surface area contributed by atoms with Gasteiger partial charge in [0.25, 0.3) is 0 Å². The molecular formula is C26H22N8O. The number of carbonyl (C=O) groups is 1. The number of carbonyl (C=O) groups excluding carboxylic acids is 1. The van der Waals surface area contributed by atoms with Crippen LogP contribution in [0.1, 0.15) is 5.56 Å². The highest BCUT2D eigenvalue weighted by molar-refractivity contribution is 5.98. The van der Waals surface area contributed by atoms with E-state index < -0.39 is 0 Å². The van der Waals surface area contributed by atoms with Gasteiger partial charge >= 0.3 is 0 Å². The van der Waals surface area contributed by atoms with E-state index in [2.05, 4.69) is 54.7 Å². The van der Waals surface area contributed by atoms with Gasteiger partial charge in [-0.25, -0.2) is 9.97 Å². The second kappa shape index (κ2) is 9.84. The molecule has 0 spiro atoms. The lowest BCUT2D eigenvalue weighted by atomic mass is 10.2. The molecule has 0 saturated carbocycles. The molecule has 0 aliphatic heterocycles. The molecule has 35 heavy (non-hydrogen) atoms. The maximum Gasteiger partial charge on any atom is 0.247 e. The van der Waals surface area contributed by atoms with E-state index in [0.717, 1.165) is 22.3 Å². The van der Waals surface area contributed by atoms with E-state index in [9.17, 15) is 4.79 Å². The maximum absolute atomic E-state index is 11.4. The first-order valence-electron chi connectivity index (χ1n) is 10.9. The Hall–Kier alpha value is -5.05. The standard InChI is InChI=1S/C26H22N8O/c1-2-24(35)30-20-8-10-21(11-9-20)31-25-27-17-28-26(33-25)32-22-12-13-23-19(14-22)15-29-34(23)16-18-6-4-3-5-7-18/h2-15,17H,1,16H2,(H,30,35)(H2,27,28,31,32,33). The van der Waals surface area contributed by atoms with Crippen LogP contribution in [0.5, 0.6) is 0 Å². The van der Waals surface area contributed by atoms with Gasteiger partial charge in [-0.15, -0.1) is 0 Å². The second-order valence-electron chi connectivity index (χ2n) is 7.71. The van der Waals surface area contributed by atoms with Crippen molar-refractivity contribution in [3.05, 3.63) is 104 Å². The molecule has 1 amide bonds. The summed E-state index contributed by atoms with van der Waals surface area (Å²) >= 11 is 0. The number of aromatic nitrogens is 5. The number of nitrogens with one attached hydrogen (secondary N) is 3. The number of hydrogen-bond donors (Lipinski definition) is 3. The van der Waals surface area contributed by atoms with Crippen LogP contribution in [-0.4, -0.2) is 30.6 Å². The van der Waals surface area contributed by atoms with Gasteiger partial charge in [-0.3, -0.25) is 9.48 Å². The highest BCUT2D eigenvalue weighted by Crippen LogP contribution is 2.23. The summed E-state index contributed by atoms with van der Waals surface area (Å²) in [4.78, 5) is 24.3. The lowest BCUT2D eigenvalue weighted by Crippen LogP contribution is -2.07. The molecule has 172 valence electrons. The quantitative estimate of drug-likeness (QED) is 0.282. The van der Waals surface area contributed by atoms with Crippen molar-refractivity contribution < 1.29 is 4.79 Å². The minimum Gasteiger partial charge on any atom is -0.324 e. The molecule has 0 fully saturated rings. The number of nitrogens with zero attached hydrogens (tertiary/aromatic N) is 5. The molecule has 5 rings (SSSR count). The molecule has 3 aromatic carbocycles. The molecule has 5 aromatic rings. The zero-order valence-electron chi connectivity index (χ0n) is 18.7. The molecule has 0 saturated heterocycles. The molecule has 2 heterocycles. The predicted molar refractivity (Wildman–Crippen MR) is 137 cm³/mol. The molecule has 0 radical (unpaired) electrons. The fourth-order valence-electron chi connectivity index (χ4n) is 3.55. The maximum atomic E-state index is 11.4. The van der Waals surface area contributed by atoms with E-state index in [1.165, 1.54) is 18.0 Å². The number of hydrogen-bond acceptors (Lipinski definition) is 7. The van der Waals surface area contributed by atoms with E-state index in [4.69, 9.17) is 0 Å².